The number of rotatable bonds is 4. The van der Waals surface area contributed by atoms with Gasteiger partial charge >= 0.3 is 6.18 Å². The predicted octanol–water partition coefficient (Wildman–Crippen LogP) is 1.65. The van der Waals surface area contributed by atoms with Crippen LogP contribution in [0.5, 0.6) is 0 Å². The highest BCUT2D eigenvalue weighted by Gasteiger charge is 2.45. The number of aromatic nitrogens is 4. The minimum atomic E-state index is -4.64. The van der Waals surface area contributed by atoms with Crippen molar-refractivity contribution < 1.29 is 27.9 Å². The standard InChI is InChI=1S/C20H25F3N6O3/c1-19(2,3)16(18(32)28-9-11(30)8-14(28)17(31)24-4)29-10-13(26-27-29)15-12(20(21,22)23)6-5-7-25-15/h5-7,10-11,14,16,30H,8-9H2,1-4H3,(H,24,31)/t11?,14?,16-/m1/s1. The molecule has 174 valence electrons. The Morgan fingerprint density at radius 1 is 1.28 bits per heavy atom. The van der Waals surface area contributed by atoms with Crippen molar-refractivity contribution >= 4 is 11.8 Å². The van der Waals surface area contributed by atoms with Gasteiger partial charge in [-0.3, -0.25) is 14.6 Å². The number of halogens is 3. The summed E-state index contributed by atoms with van der Waals surface area (Å²) in [4.78, 5) is 30.8. The minimum Gasteiger partial charge on any atom is -0.391 e. The lowest BCUT2D eigenvalue weighted by Gasteiger charge is -2.34. The van der Waals surface area contributed by atoms with E-state index in [1.165, 1.54) is 35.1 Å². The van der Waals surface area contributed by atoms with E-state index in [9.17, 15) is 27.9 Å². The summed E-state index contributed by atoms with van der Waals surface area (Å²) in [6.45, 7) is 5.25. The average Bonchev–Trinajstić information content (AvgIpc) is 3.32. The maximum absolute atomic E-state index is 13.5. The maximum atomic E-state index is 13.5. The number of carbonyl (C=O) groups is 2. The monoisotopic (exact) mass is 454 g/mol. The molecule has 2 aromatic heterocycles. The maximum Gasteiger partial charge on any atom is 0.418 e. The molecule has 3 atom stereocenters. The third kappa shape index (κ3) is 4.59. The summed E-state index contributed by atoms with van der Waals surface area (Å²) in [6, 6.07) is 0.227. The molecule has 2 aromatic rings. The summed E-state index contributed by atoms with van der Waals surface area (Å²) >= 11 is 0. The van der Waals surface area contributed by atoms with Crippen molar-refractivity contribution in [3.8, 4) is 11.4 Å². The number of β-amino-alcohol motifs (C(OH)–C–C–N with tert-alkyl or cyclic N) is 1. The summed E-state index contributed by atoms with van der Waals surface area (Å²) in [5.74, 6) is -0.902. The van der Waals surface area contributed by atoms with Crippen LogP contribution in [0.4, 0.5) is 13.2 Å². The van der Waals surface area contributed by atoms with Gasteiger partial charge in [-0.05, 0) is 17.5 Å². The van der Waals surface area contributed by atoms with Crippen LogP contribution in [0, 0.1) is 5.41 Å². The number of hydrogen-bond acceptors (Lipinski definition) is 6. The lowest BCUT2D eigenvalue weighted by atomic mass is 9.85. The lowest BCUT2D eigenvalue weighted by molar-refractivity contribution is -0.144. The van der Waals surface area contributed by atoms with Crippen molar-refractivity contribution in [1.29, 1.82) is 0 Å². The first-order chi connectivity index (χ1) is 14.8. The first kappa shape index (κ1) is 23.6. The number of likely N-dealkylation sites (tertiary alicyclic amines) is 1. The molecule has 0 aromatic carbocycles. The van der Waals surface area contributed by atoms with E-state index >= 15 is 0 Å². The third-order valence-electron chi connectivity index (χ3n) is 5.30. The number of hydrogen-bond donors (Lipinski definition) is 2. The van der Waals surface area contributed by atoms with Crippen LogP contribution < -0.4 is 5.32 Å². The van der Waals surface area contributed by atoms with E-state index in [-0.39, 0.29) is 18.7 Å². The number of likely N-dealkylation sites (N-methyl/N-ethyl adjacent to an activating group) is 1. The Morgan fingerprint density at radius 2 is 1.97 bits per heavy atom. The Bertz CT molecular complexity index is 1000. The van der Waals surface area contributed by atoms with E-state index in [1.54, 1.807) is 20.8 Å². The molecule has 0 aliphatic carbocycles. The second kappa shape index (κ2) is 8.49. The van der Waals surface area contributed by atoms with Gasteiger partial charge in [0, 0.05) is 26.2 Å². The van der Waals surface area contributed by atoms with Gasteiger partial charge < -0.3 is 15.3 Å². The third-order valence-corrected chi connectivity index (χ3v) is 5.30. The van der Waals surface area contributed by atoms with E-state index in [1.807, 2.05) is 0 Å². The molecule has 9 nitrogen and oxygen atoms in total. The van der Waals surface area contributed by atoms with E-state index in [0.717, 1.165) is 6.07 Å². The SMILES string of the molecule is CNC(=O)C1CC(O)CN1C(=O)[C@@H](n1cc(-c2ncccc2C(F)(F)F)nn1)C(C)(C)C. The fourth-order valence-corrected chi connectivity index (χ4v) is 3.86. The topological polar surface area (TPSA) is 113 Å². The lowest BCUT2D eigenvalue weighted by Crippen LogP contribution is -2.49. The molecule has 12 heteroatoms. The number of alkyl halides is 3. The van der Waals surface area contributed by atoms with Crippen molar-refractivity contribution in [1.82, 2.24) is 30.2 Å². The molecule has 0 saturated carbocycles. The first-order valence-corrected chi connectivity index (χ1v) is 9.99. The predicted molar refractivity (Wildman–Crippen MR) is 107 cm³/mol. The number of carbonyl (C=O) groups excluding carboxylic acids is 2. The fraction of sp³-hybridized carbons (Fsp3) is 0.550. The Labute approximate surface area is 182 Å². The highest BCUT2D eigenvalue weighted by atomic mass is 19.4. The summed E-state index contributed by atoms with van der Waals surface area (Å²) in [7, 11) is 1.44. The van der Waals surface area contributed by atoms with E-state index < -0.39 is 52.9 Å². The Hall–Kier alpha value is -3.02. The second-order valence-corrected chi connectivity index (χ2v) is 8.76. The zero-order valence-electron chi connectivity index (χ0n) is 18.1. The number of aliphatic hydroxyl groups excluding tert-OH is 1. The molecule has 32 heavy (non-hydrogen) atoms. The van der Waals surface area contributed by atoms with Crippen LogP contribution in [0.2, 0.25) is 0 Å². The van der Waals surface area contributed by atoms with Crippen molar-refractivity contribution in [3.63, 3.8) is 0 Å². The number of pyridine rings is 1. The van der Waals surface area contributed by atoms with Gasteiger partial charge in [0.2, 0.25) is 11.8 Å². The van der Waals surface area contributed by atoms with Crippen LogP contribution in [0.25, 0.3) is 11.4 Å². The van der Waals surface area contributed by atoms with Crippen molar-refractivity contribution in [2.45, 2.75) is 51.6 Å². The summed E-state index contributed by atoms with van der Waals surface area (Å²) in [6.07, 6.45) is -2.95. The number of nitrogens with one attached hydrogen (secondary N) is 1. The number of aliphatic hydroxyl groups is 1. The van der Waals surface area contributed by atoms with E-state index in [0.29, 0.717) is 0 Å². The van der Waals surface area contributed by atoms with Gasteiger partial charge in [0.25, 0.3) is 0 Å². The Kier molecular flexibility index (Phi) is 6.27. The van der Waals surface area contributed by atoms with Crippen LogP contribution in [0.3, 0.4) is 0 Å². The van der Waals surface area contributed by atoms with E-state index in [4.69, 9.17) is 0 Å². The molecule has 2 N–H and O–H groups in total. The molecule has 1 aliphatic heterocycles. The highest BCUT2D eigenvalue weighted by molar-refractivity contribution is 5.90. The highest BCUT2D eigenvalue weighted by Crippen LogP contribution is 2.37. The number of amides is 2. The second-order valence-electron chi connectivity index (χ2n) is 8.76. The summed E-state index contributed by atoms with van der Waals surface area (Å²) in [5.41, 5.74) is -2.23. The molecule has 0 bridgehead atoms. The Balaban J connectivity index is 2.01. The van der Waals surface area contributed by atoms with Gasteiger partial charge in [-0.2, -0.15) is 13.2 Å². The van der Waals surface area contributed by atoms with Crippen LogP contribution in [-0.2, 0) is 15.8 Å². The van der Waals surface area contributed by atoms with Crippen molar-refractivity contribution in [2.24, 2.45) is 5.41 Å². The molecule has 1 saturated heterocycles. The van der Waals surface area contributed by atoms with Gasteiger partial charge in [0.15, 0.2) is 0 Å². The average molecular weight is 454 g/mol. The van der Waals surface area contributed by atoms with Gasteiger partial charge in [-0.25, -0.2) is 4.68 Å². The van der Waals surface area contributed by atoms with Gasteiger partial charge in [0.1, 0.15) is 23.5 Å². The van der Waals surface area contributed by atoms with Gasteiger partial charge in [0.05, 0.1) is 17.9 Å². The quantitative estimate of drug-likeness (QED) is 0.727. The van der Waals surface area contributed by atoms with Gasteiger partial charge in [-0.15, -0.1) is 5.10 Å². The van der Waals surface area contributed by atoms with Crippen LogP contribution in [0.15, 0.2) is 24.5 Å². The number of nitrogens with zero attached hydrogens (tertiary/aromatic N) is 5. The first-order valence-electron chi connectivity index (χ1n) is 9.99. The molecule has 3 rings (SSSR count). The molecule has 0 spiro atoms. The molecule has 2 amide bonds. The Morgan fingerprint density at radius 3 is 2.56 bits per heavy atom. The molecule has 0 radical (unpaired) electrons. The van der Waals surface area contributed by atoms with E-state index in [2.05, 4.69) is 20.6 Å². The molecular formula is C20H25F3N6O3. The molecule has 3 heterocycles. The largest absolute Gasteiger partial charge is 0.418 e. The van der Waals surface area contributed by atoms with Crippen molar-refractivity contribution in [2.75, 3.05) is 13.6 Å². The zero-order chi connectivity index (χ0) is 23.8. The van der Waals surface area contributed by atoms with Gasteiger partial charge in [-0.1, -0.05) is 26.0 Å². The van der Waals surface area contributed by atoms with Crippen LogP contribution >= 0.6 is 0 Å². The summed E-state index contributed by atoms with van der Waals surface area (Å²) < 4.78 is 41.4. The minimum absolute atomic E-state index is 0.0382. The normalized spacial score (nSPS) is 20.3. The van der Waals surface area contributed by atoms with Crippen LogP contribution in [0.1, 0.15) is 38.8 Å². The molecule has 2 unspecified atom stereocenters. The van der Waals surface area contributed by atoms with Crippen molar-refractivity contribution in [3.05, 3.63) is 30.1 Å². The molecular weight excluding hydrogens is 429 g/mol. The molecule has 1 aliphatic rings. The smallest absolute Gasteiger partial charge is 0.391 e. The molecule has 1 fully saturated rings. The fourth-order valence-electron chi connectivity index (χ4n) is 3.86. The van der Waals surface area contributed by atoms with Crippen LogP contribution in [-0.4, -0.2) is 67.5 Å². The summed E-state index contributed by atoms with van der Waals surface area (Å²) in [5, 5.41) is 20.3. The zero-order valence-corrected chi connectivity index (χ0v) is 18.1.